The molecule has 0 aromatic heterocycles. The van der Waals surface area contributed by atoms with Crippen LogP contribution in [0.2, 0.25) is 0 Å². The average molecular weight is 419 g/mol. The summed E-state index contributed by atoms with van der Waals surface area (Å²) in [6.07, 6.45) is 2.80. The lowest BCUT2D eigenvalue weighted by Gasteiger charge is -2.33. The highest BCUT2D eigenvalue weighted by Crippen LogP contribution is 2.29. The third-order valence-corrected chi connectivity index (χ3v) is 5.83. The molecule has 0 spiro atoms. The Balaban J connectivity index is 2.09. The number of amides is 1. The van der Waals surface area contributed by atoms with E-state index in [0.717, 1.165) is 17.2 Å². The fourth-order valence-electron chi connectivity index (χ4n) is 4.08. The minimum atomic E-state index is -3.46. The van der Waals surface area contributed by atoms with E-state index in [4.69, 9.17) is 0 Å². The lowest BCUT2D eigenvalue weighted by molar-refractivity contribution is -0.123. The van der Waals surface area contributed by atoms with Crippen LogP contribution in [0.25, 0.3) is 10.8 Å². The van der Waals surface area contributed by atoms with Gasteiger partial charge in [-0.05, 0) is 43.6 Å². The molecule has 0 aliphatic heterocycles. The van der Waals surface area contributed by atoms with Gasteiger partial charge < -0.3 is 5.32 Å². The van der Waals surface area contributed by atoms with E-state index in [1.165, 1.54) is 10.6 Å². The van der Waals surface area contributed by atoms with Crippen molar-refractivity contribution in [3.05, 3.63) is 42.5 Å². The van der Waals surface area contributed by atoms with E-state index in [1.54, 1.807) is 0 Å². The smallest absolute Gasteiger partial charge is 0.232 e. The minimum Gasteiger partial charge on any atom is -0.351 e. The van der Waals surface area contributed by atoms with Gasteiger partial charge >= 0.3 is 0 Å². The first kappa shape index (κ1) is 23.2. The van der Waals surface area contributed by atoms with E-state index in [9.17, 15) is 13.2 Å². The number of nitrogens with zero attached hydrogens (tertiary/aromatic N) is 1. The lowest BCUT2D eigenvalue weighted by atomic mass is 9.82. The predicted molar refractivity (Wildman–Crippen MR) is 122 cm³/mol. The molecule has 2 aromatic carbocycles. The zero-order valence-electron chi connectivity index (χ0n) is 18.5. The first-order chi connectivity index (χ1) is 13.3. The molecule has 2 rings (SSSR count). The third kappa shape index (κ3) is 7.03. The normalized spacial score (nSPS) is 12.8. The zero-order chi connectivity index (χ0) is 21.9. The van der Waals surface area contributed by atoms with Crippen molar-refractivity contribution < 1.29 is 13.2 Å². The molecule has 0 aliphatic rings. The van der Waals surface area contributed by atoms with E-state index >= 15 is 0 Å². The maximum absolute atomic E-state index is 12.5. The highest BCUT2D eigenvalue weighted by Gasteiger charge is 2.27. The van der Waals surface area contributed by atoms with Gasteiger partial charge in [0.1, 0.15) is 0 Å². The van der Waals surface area contributed by atoms with Crippen molar-refractivity contribution in [1.82, 2.24) is 5.32 Å². The predicted octanol–water partition coefficient (Wildman–Crippen LogP) is 4.72. The Kier molecular flexibility index (Phi) is 6.99. The molecule has 5 nitrogen and oxygen atoms in total. The Morgan fingerprint density at radius 3 is 2.24 bits per heavy atom. The number of rotatable bonds is 8. The van der Waals surface area contributed by atoms with Gasteiger partial charge in [-0.25, -0.2) is 8.42 Å². The first-order valence-electron chi connectivity index (χ1n) is 10.1. The Labute approximate surface area is 175 Å². The molecule has 0 atom stereocenters. The van der Waals surface area contributed by atoms with E-state index < -0.39 is 10.0 Å². The van der Waals surface area contributed by atoms with E-state index in [1.807, 2.05) is 56.3 Å². The summed E-state index contributed by atoms with van der Waals surface area (Å²) in [5.74, 6) is -0.0504. The van der Waals surface area contributed by atoms with Gasteiger partial charge in [0, 0.05) is 23.9 Å². The topological polar surface area (TPSA) is 66.5 Å². The van der Waals surface area contributed by atoms with E-state index in [0.29, 0.717) is 12.1 Å². The molecule has 0 unspecified atom stereocenters. The summed E-state index contributed by atoms with van der Waals surface area (Å²) < 4.78 is 26.3. The molecule has 29 heavy (non-hydrogen) atoms. The molecule has 0 saturated carbocycles. The number of carbonyl (C=O) groups excluding carboxylic acids is 1. The second-order valence-corrected chi connectivity index (χ2v) is 11.5. The van der Waals surface area contributed by atoms with Crippen molar-refractivity contribution >= 4 is 32.4 Å². The van der Waals surface area contributed by atoms with Crippen LogP contribution in [0.1, 0.15) is 53.9 Å². The number of benzene rings is 2. The number of carbonyl (C=O) groups is 1. The second kappa shape index (κ2) is 8.74. The molecule has 0 bridgehead atoms. The largest absolute Gasteiger partial charge is 0.351 e. The fraction of sp³-hybridized carbons (Fsp3) is 0.522. The SMILES string of the molecule is CC(C)(C)CC(C)(C)NC(=O)CCCN(c1cccc2ccccc12)S(C)(=O)=O. The molecule has 2 aromatic rings. The van der Waals surface area contributed by atoms with Gasteiger partial charge in [-0.15, -0.1) is 0 Å². The standard InChI is InChI=1S/C23H34N2O3S/c1-22(2,3)17-23(4,5)24-21(26)15-10-16-25(29(6,27)28)20-14-9-12-18-11-7-8-13-19(18)20/h7-9,11-14H,10,15-17H2,1-6H3,(H,24,26). The summed E-state index contributed by atoms with van der Waals surface area (Å²) in [6.45, 7) is 10.8. The van der Waals surface area contributed by atoms with Crippen LogP contribution in [0.15, 0.2) is 42.5 Å². The van der Waals surface area contributed by atoms with Crippen LogP contribution in [0.5, 0.6) is 0 Å². The molecule has 0 fully saturated rings. The van der Waals surface area contributed by atoms with Gasteiger partial charge in [-0.1, -0.05) is 57.2 Å². The molecule has 0 radical (unpaired) electrons. The van der Waals surface area contributed by atoms with E-state index in [2.05, 4.69) is 26.1 Å². The lowest BCUT2D eigenvalue weighted by Crippen LogP contribution is -2.46. The first-order valence-corrected chi connectivity index (χ1v) is 11.9. The summed E-state index contributed by atoms with van der Waals surface area (Å²) in [4.78, 5) is 12.4. The zero-order valence-corrected chi connectivity index (χ0v) is 19.3. The van der Waals surface area contributed by atoms with Crippen LogP contribution >= 0.6 is 0 Å². The molecule has 1 amide bonds. The Morgan fingerprint density at radius 2 is 1.62 bits per heavy atom. The number of fused-ring (bicyclic) bond motifs is 1. The molecule has 1 N–H and O–H groups in total. The second-order valence-electron chi connectivity index (χ2n) is 9.61. The van der Waals surface area contributed by atoms with Gasteiger partial charge in [-0.2, -0.15) is 0 Å². The molecule has 0 heterocycles. The van der Waals surface area contributed by atoms with Crippen LogP contribution < -0.4 is 9.62 Å². The Bertz CT molecular complexity index is 954. The molecule has 0 aliphatic carbocycles. The number of anilines is 1. The van der Waals surface area contributed by atoms with Crippen molar-refractivity contribution in [1.29, 1.82) is 0 Å². The molecular weight excluding hydrogens is 384 g/mol. The van der Waals surface area contributed by atoms with E-state index in [-0.39, 0.29) is 29.8 Å². The molecule has 160 valence electrons. The monoisotopic (exact) mass is 418 g/mol. The van der Waals surface area contributed by atoms with Crippen molar-refractivity contribution in [2.75, 3.05) is 17.1 Å². The highest BCUT2D eigenvalue weighted by molar-refractivity contribution is 7.92. The Hall–Kier alpha value is -2.08. The van der Waals surface area contributed by atoms with Crippen LogP contribution in [-0.2, 0) is 14.8 Å². The van der Waals surface area contributed by atoms with Crippen molar-refractivity contribution in [3.63, 3.8) is 0 Å². The van der Waals surface area contributed by atoms with Crippen LogP contribution in [0.3, 0.4) is 0 Å². The number of nitrogens with one attached hydrogen (secondary N) is 1. The van der Waals surface area contributed by atoms with Crippen molar-refractivity contribution in [2.45, 2.75) is 59.4 Å². The molecular formula is C23H34N2O3S. The van der Waals surface area contributed by atoms with Gasteiger partial charge in [0.25, 0.3) is 0 Å². The number of sulfonamides is 1. The Morgan fingerprint density at radius 1 is 1.00 bits per heavy atom. The maximum atomic E-state index is 12.5. The number of hydrogen-bond donors (Lipinski definition) is 1. The molecule has 6 heteroatoms. The van der Waals surface area contributed by atoms with Gasteiger partial charge in [0.05, 0.1) is 11.9 Å². The maximum Gasteiger partial charge on any atom is 0.232 e. The summed E-state index contributed by atoms with van der Waals surface area (Å²) in [5.41, 5.74) is 0.457. The summed E-state index contributed by atoms with van der Waals surface area (Å²) in [7, 11) is -3.46. The van der Waals surface area contributed by atoms with Gasteiger partial charge in [0.2, 0.25) is 15.9 Å². The average Bonchev–Trinajstić information content (AvgIpc) is 2.54. The van der Waals surface area contributed by atoms with Crippen molar-refractivity contribution in [2.24, 2.45) is 5.41 Å². The summed E-state index contributed by atoms with van der Waals surface area (Å²) >= 11 is 0. The fourth-order valence-corrected chi connectivity index (χ4v) is 5.06. The minimum absolute atomic E-state index is 0.0504. The van der Waals surface area contributed by atoms with Gasteiger partial charge in [-0.3, -0.25) is 9.10 Å². The summed E-state index contributed by atoms with van der Waals surface area (Å²) in [6, 6.07) is 13.4. The summed E-state index contributed by atoms with van der Waals surface area (Å²) in [5, 5.41) is 4.96. The quantitative estimate of drug-likeness (QED) is 0.675. The van der Waals surface area contributed by atoms with Crippen molar-refractivity contribution in [3.8, 4) is 0 Å². The van der Waals surface area contributed by atoms with Gasteiger partial charge in [0.15, 0.2) is 0 Å². The van der Waals surface area contributed by atoms with Crippen LogP contribution in [0.4, 0.5) is 5.69 Å². The van der Waals surface area contributed by atoms with Crippen LogP contribution in [-0.4, -0.2) is 32.7 Å². The number of hydrogen-bond acceptors (Lipinski definition) is 3. The highest BCUT2D eigenvalue weighted by atomic mass is 32.2. The van der Waals surface area contributed by atoms with Crippen LogP contribution in [0, 0.1) is 5.41 Å². The third-order valence-electron chi connectivity index (χ3n) is 4.65. The molecule has 0 saturated heterocycles.